The van der Waals surface area contributed by atoms with Gasteiger partial charge in [-0.05, 0) is 58.5 Å². The zero-order valence-corrected chi connectivity index (χ0v) is 15.9. The lowest BCUT2D eigenvalue weighted by Gasteiger charge is -2.33. The standard InChI is InChI=1S/C25H17BO3/c1-27-18-12-9-16(10-13-18)17-11-14-22-20(15-17)26-19-5-2-3-6-21(19)28-23-7-4-8-24(29-22)25(23)26/h2-15H,1H3. The van der Waals surface area contributed by atoms with Crippen LogP contribution in [0.5, 0.6) is 28.7 Å². The fraction of sp³-hybridized carbons (Fsp3) is 0.0400. The Morgan fingerprint density at radius 3 is 2.03 bits per heavy atom. The van der Waals surface area contributed by atoms with E-state index in [1.165, 1.54) is 5.46 Å². The molecule has 2 aliphatic rings. The van der Waals surface area contributed by atoms with Gasteiger partial charge in [0.25, 0.3) is 6.71 Å². The summed E-state index contributed by atoms with van der Waals surface area (Å²) >= 11 is 0. The first kappa shape index (κ1) is 16.3. The highest BCUT2D eigenvalue weighted by Crippen LogP contribution is 2.35. The van der Waals surface area contributed by atoms with E-state index in [9.17, 15) is 0 Å². The lowest BCUT2D eigenvalue weighted by Crippen LogP contribution is -2.57. The Morgan fingerprint density at radius 1 is 0.621 bits per heavy atom. The van der Waals surface area contributed by atoms with Gasteiger partial charge in [-0.25, -0.2) is 0 Å². The molecule has 0 saturated heterocycles. The molecule has 6 rings (SSSR count). The van der Waals surface area contributed by atoms with Gasteiger partial charge in [0.05, 0.1) is 7.11 Å². The van der Waals surface area contributed by atoms with Crippen molar-refractivity contribution in [3.8, 4) is 39.9 Å². The summed E-state index contributed by atoms with van der Waals surface area (Å²) in [7, 11) is 1.68. The summed E-state index contributed by atoms with van der Waals surface area (Å²) in [4.78, 5) is 0. The molecule has 0 aromatic heterocycles. The molecule has 0 aliphatic carbocycles. The highest BCUT2D eigenvalue weighted by molar-refractivity contribution is 6.98. The second kappa shape index (κ2) is 6.18. The number of benzene rings is 4. The SMILES string of the molecule is COc1ccc(-c2ccc3c(c2)B2c4ccccc4Oc4cccc(c42)O3)cc1. The molecule has 0 spiro atoms. The molecule has 0 unspecified atom stereocenters. The van der Waals surface area contributed by atoms with Crippen LogP contribution >= 0.6 is 0 Å². The van der Waals surface area contributed by atoms with E-state index in [-0.39, 0.29) is 6.71 Å². The number of hydrogen-bond acceptors (Lipinski definition) is 3. The van der Waals surface area contributed by atoms with Gasteiger partial charge >= 0.3 is 0 Å². The predicted molar refractivity (Wildman–Crippen MR) is 116 cm³/mol. The van der Waals surface area contributed by atoms with Crippen molar-refractivity contribution in [2.45, 2.75) is 0 Å². The van der Waals surface area contributed by atoms with Crippen LogP contribution in [0.4, 0.5) is 0 Å². The van der Waals surface area contributed by atoms with E-state index in [1.807, 2.05) is 42.5 Å². The smallest absolute Gasteiger partial charge is 0.260 e. The van der Waals surface area contributed by atoms with Crippen LogP contribution in [0.25, 0.3) is 11.1 Å². The average Bonchev–Trinajstić information content (AvgIpc) is 2.78. The van der Waals surface area contributed by atoms with Crippen LogP contribution in [0.2, 0.25) is 0 Å². The van der Waals surface area contributed by atoms with E-state index in [1.54, 1.807) is 7.11 Å². The Labute approximate surface area is 169 Å². The Morgan fingerprint density at radius 2 is 1.28 bits per heavy atom. The normalized spacial score (nSPS) is 12.8. The fourth-order valence-corrected chi connectivity index (χ4v) is 4.34. The molecule has 0 radical (unpaired) electrons. The van der Waals surface area contributed by atoms with E-state index in [0.717, 1.165) is 50.8 Å². The number of hydrogen-bond donors (Lipinski definition) is 0. The molecule has 4 heteroatoms. The number of methoxy groups -OCH3 is 1. The van der Waals surface area contributed by atoms with Crippen molar-refractivity contribution < 1.29 is 14.2 Å². The van der Waals surface area contributed by atoms with Crippen molar-refractivity contribution in [2.24, 2.45) is 0 Å². The van der Waals surface area contributed by atoms with Gasteiger partial charge in [-0.2, -0.15) is 0 Å². The number of para-hydroxylation sites is 1. The number of fused-ring (bicyclic) bond motifs is 4. The van der Waals surface area contributed by atoms with Crippen LogP contribution in [0.3, 0.4) is 0 Å². The molecule has 4 aromatic rings. The molecule has 0 N–H and O–H groups in total. The lowest BCUT2D eigenvalue weighted by molar-refractivity contribution is 0.415. The molecule has 2 heterocycles. The number of ether oxygens (including phenoxy) is 3. The van der Waals surface area contributed by atoms with Crippen molar-refractivity contribution in [1.29, 1.82) is 0 Å². The first-order chi connectivity index (χ1) is 14.3. The van der Waals surface area contributed by atoms with Gasteiger partial charge in [-0.15, -0.1) is 0 Å². The van der Waals surface area contributed by atoms with Gasteiger partial charge in [-0.3, -0.25) is 0 Å². The van der Waals surface area contributed by atoms with Crippen LogP contribution in [0.15, 0.2) is 84.9 Å². The third-order valence-corrected chi connectivity index (χ3v) is 5.73. The van der Waals surface area contributed by atoms with Gasteiger partial charge in [0.1, 0.15) is 28.7 Å². The maximum Gasteiger partial charge on any atom is 0.260 e. The molecule has 0 saturated carbocycles. The molecule has 0 bridgehead atoms. The molecule has 0 amide bonds. The average molecular weight is 376 g/mol. The summed E-state index contributed by atoms with van der Waals surface area (Å²) in [5, 5.41) is 0. The zero-order valence-electron chi connectivity index (χ0n) is 15.9. The van der Waals surface area contributed by atoms with Gasteiger partial charge in [0.2, 0.25) is 0 Å². The van der Waals surface area contributed by atoms with Crippen molar-refractivity contribution in [1.82, 2.24) is 0 Å². The zero-order chi connectivity index (χ0) is 19.4. The van der Waals surface area contributed by atoms with Crippen LogP contribution in [-0.4, -0.2) is 13.8 Å². The van der Waals surface area contributed by atoms with Gasteiger partial charge in [0.15, 0.2) is 0 Å². The molecule has 29 heavy (non-hydrogen) atoms. The second-order valence-corrected chi connectivity index (χ2v) is 7.32. The highest BCUT2D eigenvalue weighted by Gasteiger charge is 2.39. The summed E-state index contributed by atoms with van der Waals surface area (Å²) in [6.07, 6.45) is 0. The van der Waals surface area contributed by atoms with E-state index in [2.05, 4.69) is 42.5 Å². The first-order valence-electron chi connectivity index (χ1n) is 9.68. The second-order valence-electron chi connectivity index (χ2n) is 7.32. The largest absolute Gasteiger partial charge is 0.497 e. The van der Waals surface area contributed by atoms with Crippen molar-refractivity contribution in [3.63, 3.8) is 0 Å². The molecular weight excluding hydrogens is 359 g/mol. The molecule has 2 aliphatic heterocycles. The van der Waals surface area contributed by atoms with Crippen molar-refractivity contribution in [3.05, 3.63) is 84.9 Å². The first-order valence-corrected chi connectivity index (χ1v) is 9.68. The van der Waals surface area contributed by atoms with Crippen LogP contribution in [0, 0.1) is 0 Å². The number of rotatable bonds is 2. The molecule has 0 atom stereocenters. The summed E-state index contributed by atoms with van der Waals surface area (Å²) in [6, 6.07) is 28.9. The Hall–Kier alpha value is -3.66. The summed E-state index contributed by atoms with van der Waals surface area (Å²) in [5.74, 6) is 4.39. The van der Waals surface area contributed by atoms with Gasteiger partial charge in [0, 0.05) is 5.46 Å². The maximum absolute atomic E-state index is 6.27. The molecule has 138 valence electrons. The maximum atomic E-state index is 6.27. The third-order valence-electron chi connectivity index (χ3n) is 5.73. The van der Waals surface area contributed by atoms with Crippen LogP contribution in [0.1, 0.15) is 0 Å². The highest BCUT2D eigenvalue weighted by atomic mass is 16.5. The van der Waals surface area contributed by atoms with Crippen LogP contribution < -0.4 is 30.6 Å². The Bertz CT molecular complexity index is 1230. The molecule has 4 aromatic carbocycles. The minimum Gasteiger partial charge on any atom is -0.497 e. The van der Waals surface area contributed by atoms with Gasteiger partial charge < -0.3 is 14.2 Å². The molecular formula is C25H17BO3. The van der Waals surface area contributed by atoms with E-state index >= 15 is 0 Å². The van der Waals surface area contributed by atoms with E-state index in [0.29, 0.717) is 0 Å². The lowest BCUT2D eigenvalue weighted by atomic mass is 9.35. The monoisotopic (exact) mass is 376 g/mol. The summed E-state index contributed by atoms with van der Waals surface area (Å²) in [5.41, 5.74) is 5.73. The van der Waals surface area contributed by atoms with Crippen LogP contribution in [-0.2, 0) is 0 Å². The Balaban J connectivity index is 1.55. The quantitative estimate of drug-likeness (QED) is 0.426. The summed E-state index contributed by atoms with van der Waals surface area (Å²) < 4.78 is 17.7. The van der Waals surface area contributed by atoms with E-state index < -0.39 is 0 Å². The third kappa shape index (κ3) is 2.46. The molecule has 0 fully saturated rings. The molecule has 3 nitrogen and oxygen atoms in total. The Kier molecular flexibility index (Phi) is 3.47. The fourth-order valence-electron chi connectivity index (χ4n) is 4.34. The predicted octanol–water partition coefficient (Wildman–Crippen LogP) is 4.09. The minimum absolute atomic E-state index is 0.0908. The van der Waals surface area contributed by atoms with Crippen molar-refractivity contribution >= 4 is 23.1 Å². The van der Waals surface area contributed by atoms with Gasteiger partial charge in [-0.1, -0.05) is 48.5 Å². The van der Waals surface area contributed by atoms with E-state index in [4.69, 9.17) is 14.2 Å². The minimum atomic E-state index is 0.0908. The topological polar surface area (TPSA) is 27.7 Å². The van der Waals surface area contributed by atoms with Crippen molar-refractivity contribution in [2.75, 3.05) is 7.11 Å². The summed E-state index contributed by atoms with van der Waals surface area (Å²) in [6.45, 7) is 0.0908.